The van der Waals surface area contributed by atoms with Crippen molar-refractivity contribution >= 4 is 23.8 Å². The minimum Gasteiger partial charge on any atom is -0.494 e. The van der Waals surface area contributed by atoms with Gasteiger partial charge in [-0.3, -0.25) is 19.7 Å². The summed E-state index contributed by atoms with van der Waals surface area (Å²) >= 11 is 0. The highest BCUT2D eigenvalue weighted by atomic mass is 16.5. The summed E-state index contributed by atoms with van der Waals surface area (Å²) in [6.45, 7) is 3.28. The first-order chi connectivity index (χ1) is 13.9. The van der Waals surface area contributed by atoms with E-state index in [9.17, 15) is 19.2 Å². The summed E-state index contributed by atoms with van der Waals surface area (Å²) in [7, 11) is 0. The van der Waals surface area contributed by atoms with Gasteiger partial charge in [0.15, 0.2) is 0 Å². The van der Waals surface area contributed by atoms with Gasteiger partial charge in [-0.05, 0) is 43.5 Å². The van der Waals surface area contributed by atoms with E-state index in [0.717, 1.165) is 12.8 Å². The minimum absolute atomic E-state index is 0.126. The number of ether oxygens (including phenoxy) is 1. The fourth-order valence-corrected chi connectivity index (χ4v) is 3.42. The van der Waals surface area contributed by atoms with Crippen LogP contribution in [-0.2, 0) is 9.59 Å². The molecule has 2 aliphatic heterocycles. The smallest absolute Gasteiger partial charge is 0.322 e. The van der Waals surface area contributed by atoms with E-state index in [2.05, 4.69) is 22.9 Å². The van der Waals surface area contributed by atoms with Crippen LogP contribution in [0.4, 0.5) is 4.79 Å². The van der Waals surface area contributed by atoms with Crippen molar-refractivity contribution in [3.8, 4) is 5.75 Å². The van der Waals surface area contributed by atoms with E-state index in [4.69, 9.17) is 4.74 Å². The van der Waals surface area contributed by atoms with Crippen LogP contribution in [0.2, 0.25) is 0 Å². The number of nitrogens with one attached hydrogen (secondary N) is 3. The molecule has 1 aromatic carbocycles. The number of piperidine rings is 1. The zero-order valence-electron chi connectivity index (χ0n) is 16.5. The Balaban J connectivity index is 1.44. The Labute approximate surface area is 169 Å². The lowest BCUT2D eigenvalue weighted by atomic mass is 9.88. The van der Waals surface area contributed by atoms with Crippen LogP contribution in [0, 0.1) is 0 Å². The van der Waals surface area contributed by atoms with Gasteiger partial charge in [-0.2, -0.15) is 0 Å². The molecule has 2 aliphatic rings. The van der Waals surface area contributed by atoms with Crippen molar-refractivity contribution in [3.05, 3.63) is 29.8 Å². The topological polar surface area (TPSA) is 117 Å². The van der Waals surface area contributed by atoms with E-state index in [-0.39, 0.29) is 24.3 Å². The van der Waals surface area contributed by atoms with Crippen LogP contribution in [0.5, 0.6) is 5.75 Å². The van der Waals surface area contributed by atoms with Gasteiger partial charge in [0.1, 0.15) is 11.3 Å². The predicted molar refractivity (Wildman–Crippen MR) is 104 cm³/mol. The molecule has 2 saturated heterocycles. The van der Waals surface area contributed by atoms with Crippen LogP contribution < -0.4 is 20.7 Å². The number of hydrogen-bond acceptors (Lipinski definition) is 5. The fourth-order valence-electron chi connectivity index (χ4n) is 3.42. The van der Waals surface area contributed by atoms with Gasteiger partial charge in [0.25, 0.3) is 11.8 Å². The second-order valence-corrected chi connectivity index (χ2v) is 7.28. The van der Waals surface area contributed by atoms with Gasteiger partial charge in [0, 0.05) is 18.7 Å². The molecule has 2 fully saturated rings. The third-order valence-corrected chi connectivity index (χ3v) is 5.27. The van der Waals surface area contributed by atoms with Gasteiger partial charge < -0.3 is 20.3 Å². The molecule has 3 rings (SSSR count). The maximum Gasteiger partial charge on any atom is 0.322 e. The molecule has 0 aliphatic carbocycles. The molecule has 5 amide bonds. The molecule has 0 aromatic heterocycles. The Morgan fingerprint density at radius 1 is 1.17 bits per heavy atom. The first-order valence-corrected chi connectivity index (χ1v) is 9.86. The summed E-state index contributed by atoms with van der Waals surface area (Å²) in [6.07, 6.45) is 2.72. The molecule has 0 radical (unpaired) electrons. The van der Waals surface area contributed by atoms with Crippen molar-refractivity contribution in [1.29, 1.82) is 0 Å². The minimum atomic E-state index is -0.919. The zero-order valence-corrected chi connectivity index (χ0v) is 16.5. The van der Waals surface area contributed by atoms with Crippen LogP contribution in [0.3, 0.4) is 0 Å². The van der Waals surface area contributed by atoms with E-state index in [1.165, 1.54) is 0 Å². The van der Waals surface area contributed by atoms with Crippen molar-refractivity contribution in [3.63, 3.8) is 0 Å². The van der Waals surface area contributed by atoms with Gasteiger partial charge in [-0.1, -0.05) is 13.3 Å². The quantitative estimate of drug-likeness (QED) is 0.461. The van der Waals surface area contributed by atoms with E-state index < -0.39 is 11.6 Å². The molecule has 9 heteroatoms. The number of rotatable bonds is 7. The van der Waals surface area contributed by atoms with E-state index in [1.807, 2.05) is 0 Å². The third kappa shape index (κ3) is 4.85. The maximum atomic E-state index is 12.4. The Morgan fingerprint density at radius 3 is 2.45 bits per heavy atom. The molecule has 2 heterocycles. The van der Waals surface area contributed by atoms with Crippen molar-refractivity contribution in [1.82, 2.24) is 20.9 Å². The number of likely N-dealkylation sites (tertiary alicyclic amines) is 1. The third-order valence-electron chi connectivity index (χ3n) is 5.27. The van der Waals surface area contributed by atoms with Gasteiger partial charge in [0.05, 0.1) is 13.2 Å². The predicted octanol–water partition coefficient (Wildman–Crippen LogP) is 0.796. The standard InChI is InChI=1S/C20H26N4O5/c1-2-3-12-29-15-6-4-14(5-7-15)17(26)21-13-16(25)24-10-8-20(9-11-24)18(27)22-19(28)23-20/h4-7H,2-3,8-13H2,1H3,(H,21,26)(H2,22,23,27,28). The maximum absolute atomic E-state index is 12.4. The summed E-state index contributed by atoms with van der Waals surface area (Å²) in [4.78, 5) is 49.5. The Hall–Kier alpha value is -3.10. The molecule has 1 aromatic rings. The van der Waals surface area contributed by atoms with Gasteiger partial charge in [0.2, 0.25) is 5.91 Å². The fraction of sp³-hybridized carbons (Fsp3) is 0.500. The van der Waals surface area contributed by atoms with Crippen molar-refractivity contribution in [2.45, 2.75) is 38.1 Å². The molecule has 1 spiro atoms. The number of carbonyl (C=O) groups excluding carboxylic acids is 4. The van der Waals surface area contributed by atoms with E-state index >= 15 is 0 Å². The normalized spacial score (nSPS) is 17.6. The lowest BCUT2D eigenvalue weighted by molar-refractivity contribution is -0.134. The number of unbranched alkanes of at least 4 members (excludes halogenated alkanes) is 1. The molecule has 0 unspecified atom stereocenters. The Kier molecular flexibility index (Phi) is 6.36. The van der Waals surface area contributed by atoms with Crippen LogP contribution in [0.15, 0.2) is 24.3 Å². The molecule has 156 valence electrons. The number of carbonyl (C=O) groups is 4. The molecule has 3 N–H and O–H groups in total. The van der Waals surface area contributed by atoms with Crippen LogP contribution >= 0.6 is 0 Å². The number of hydrogen-bond donors (Lipinski definition) is 3. The highest BCUT2D eigenvalue weighted by Crippen LogP contribution is 2.25. The second-order valence-electron chi connectivity index (χ2n) is 7.28. The Morgan fingerprint density at radius 2 is 1.86 bits per heavy atom. The van der Waals surface area contributed by atoms with Crippen molar-refractivity contribution < 1.29 is 23.9 Å². The number of amides is 5. The number of nitrogens with zero attached hydrogens (tertiary/aromatic N) is 1. The van der Waals surface area contributed by atoms with Crippen molar-refractivity contribution in [2.24, 2.45) is 0 Å². The van der Waals surface area contributed by atoms with Crippen LogP contribution in [-0.4, -0.2) is 60.4 Å². The van der Waals surface area contributed by atoms with Crippen molar-refractivity contribution in [2.75, 3.05) is 26.2 Å². The number of benzene rings is 1. The number of imide groups is 1. The monoisotopic (exact) mass is 402 g/mol. The lowest BCUT2D eigenvalue weighted by Gasteiger charge is -2.37. The van der Waals surface area contributed by atoms with Gasteiger partial charge in [-0.15, -0.1) is 0 Å². The summed E-state index contributed by atoms with van der Waals surface area (Å²) in [6, 6.07) is 6.29. The lowest BCUT2D eigenvalue weighted by Crippen LogP contribution is -2.56. The summed E-state index contributed by atoms with van der Waals surface area (Å²) in [5.74, 6) is -0.201. The molecular weight excluding hydrogens is 376 g/mol. The molecule has 0 bridgehead atoms. The van der Waals surface area contributed by atoms with E-state index in [1.54, 1.807) is 29.2 Å². The SMILES string of the molecule is CCCCOc1ccc(C(=O)NCC(=O)N2CCC3(CC2)NC(=O)NC3=O)cc1. The largest absolute Gasteiger partial charge is 0.494 e. The molecule has 0 saturated carbocycles. The first kappa shape index (κ1) is 20.6. The average Bonchev–Trinajstić information content (AvgIpc) is 2.99. The average molecular weight is 402 g/mol. The molecule has 29 heavy (non-hydrogen) atoms. The molecule has 9 nitrogen and oxygen atoms in total. The highest BCUT2D eigenvalue weighted by molar-refractivity contribution is 6.07. The summed E-state index contributed by atoms with van der Waals surface area (Å²) < 4.78 is 5.57. The van der Waals surface area contributed by atoms with E-state index in [0.29, 0.717) is 43.9 Å². The zero-order chi connectivity index (χ0) is 20.9. The summed E-state index contributed by atoms with van der Waals surface area (Å²) in [5, 5.41) is 7.52. The van der Waals surface area contributed by atoms with Crippen LogP contribution in [0.1, 0.15) is 43.0 Å². The first-order valence-electron chi connectivity index (χ1n) is 9.86. The van der Waals surface area contributed by atoms with Gasteiger partial charge in [-0.25, -0.2) is 4.79 Å². The van der Waals surface area contributed by atoms with Gasteiger partial charge >= 0.3 is 6.03 Å². The number of urea groups is 1. The van der Waals surface area contributed by atoms with Crippen LogP contribution in [0.25, 0.3) is 0 Å². The molecular formula is C20H26N4O5. The highest BCUT2D eigenvalue weighted by Gasteiger charge is 2.48. The Bertz CT molecular complexity index is 785. The second kappa shape index (κ2) is 8.93. The summed E-state index contributed by atoms with van der Waals surface area (Å²) in [5.41, 5.74) is -0.471. The molecule has 0 atom stereocenters.